The van der Waals surface area contributed by atoms with Crippen LogP contribution in [0.4, 0.5) is 4.79 Å². The number of likely N-dealkylation sites (tertiary alicyclic amines) is 1. The van der Waals surface area contributed by atoms with Crippen LogP contribution in [0.5, 0.6) is 11.5 Å². The number of methoxy groups -OCH3 is 2. The van der Waals surface area contributed by atoms with E-state index in [1.807, 2.05) is 15.9 Å². The average molecular weight is 571 g/mol. The Balaban J connectivity index is 1.33. The summed E-state index contributed by atoms with van der Waals surface area (Å²) in [6.45, 7) is 3.08. The second kappa shape index (κ2) is 13.0. The fourth-order valence-corrected chi connectivity index (χ4v) is 6.94. The van der Waals surface area contributed by atoms with E-state index in [-0.39, 0.29) is 42.1 Å². The lowest BCUT2D eigenvalue weighted by molar-refractivity contribution is -0.145. The minimum absolute atomic E-state index is 0.0138. The lowest BCUT2D eigenvalue weighted by Crippen LogP contribution is -2.60. The molecular weight excluding hydrogens is 528 g/mol. The van der Waals surface area contributed by atoms with Crippen LogP contribution < -0.4 is 14.8 Å². The van der Waals surface area contributed by atoms with Crippen molar-refractivity contribution in [2.45, 2.75) is 57.4 Å². The summed E-state index contributed by atoms with van der Waals surface area (Å²) >= 11 is 0. The molecule has 11 nitrogen and oxygen atoms in total. The Morgan fingerprint density at radius 2 is 1.88 bits per heavy atom. The SMILES string of the molecule is COc1cc2cc(c1OC)CCCNC(=O)CCC[C@H]1[C@@H]3C[C@@H](CN(C(=O)CN4CCOC4=O)C3)CN1C(=O)CC2. The number of fused-ring (bicyclic) bond motifs is 6. The van der Waals surface area contributed by atoms with E-state index in [1.54, 1.807) is 14.2 Å². The summed E-state index contributed by atoms with van der Waals surface area (Å²) < 4.78 is 16.2. The average Bonchev–Trinajstić information content (AvgIpc) is 3.37. The van der Waals surface area contributed by atoms with Gasteiger partial charge in [-0.3, -0.25) is 19.3 Å². The molecule has 0 unspecified atom stereocenters. The van der Waals surface area contributed by atoms with Crippen molar-refractivity contribution < 1.29 is 33.4 Å². The number of nitrogens with zero attached hydrogens (tertiary/aromatic N) is 3. The van der Waals surface area contributed by atoms with Gasteiger partial charge in [0, 0.05) is 45.1 Å². The number of ether oxygens (including phenoxy) is 3. The van der Waals surface area contributed by atoms with Crippen LogP contribution in [0.1, 0.15) is 49.7 Å². The predicted molar refractivity (Wildman–Crippen MR) is 150 cm³/mol. The number of aryl methyl sites for hydroxylation is 2. The molecule has 1 N–H and O–H groups in total. The van der Waals surface area contributed by atoms with Crippen molar-refractivity contribution in [2.75, 3.05) is 60.1 Å². The standard InChI is InChI=1S/C30H42N4O7/c1-39-25-15-20-8-9-27(36)34-17-21-14-23(18-33(16-21)28(37)19-32-11-12-41-30(32)38)24(34)6-3-7-26(35)31-10-4-5-22(13-20)29(25)40-2/h13,15,21,23-24H,3-12,14,16-19H2,1-2H3,(H,31,35)/t21-,23+,24-/m0/s1. The van der Waals surface area contributed by atoms with Gasteiger partial charge in [-0.2, -0.15) is 0 Å². The molecule has 1 aromatic carbocycles. The van der Waals surface area contributed by atoms with Crippen molar-refractivity contribution in [1.82, 2.24) is 20.0 Å². The molecule has 3 saturated heterocycles. The van der Waals surface area contributed by atoms with Crippen molar-refractivity contribution in [1.29, 1.82) is 0 Å². The molecule has 4 heterocycles. The minimum atomic E-state index is -0.440. The summed E-state index contributed by atoms with van der Waals surface area (Å²) in [4.78, 5) is 56.7. The highest BCUT2D eigenvalue weighted by molar-refractivity contribution is 5.83. The molecule has 11 heteroatoms. The largest absolute Gasteiger partial charge is 0.493 e. The van der Waals surface area contributed by atoms with E-state index in [0.717, 1.165) is 36.8 Å². The Morgan fingerprint density at radius 3 is 2.63 bits per heavy atom. The fourth-order valence-electron chi connectivity index (χ4n) is 6.94. The van der Waals surface area contributed by atoms with Crippen LogP contribution in [-0.2, 0) is 32.0 Å². The first-order chi connectivity index (χ1) is 19.9. The van der Waals surface area contributed by atoms with Crippen LogP contribution >= 0.6 is 0 Å². The number of cyclic esters (lactones) is 1. The summed E-state index contributed by atoms with van der Waals surface area (Å²) in [5.74, 6) is 1.71. The topological polar surface area (TPSA) is 118 Å². The van der Waals surface area contributed by atoms with Gasteiger partial charge in [0.1, 0.15) is 13.2 Å². The molecule has 0 saturated carbocycles. The quantitative estimate of drug-likeness (QED) is 0.588. The number of rotatable bonds is 4. The fraction of sp³-hybridized carbons (Fsp3) is 0.667. The van der Waals surface area contributed by atoms with Crippen molar-refractivity contribution in [2.24, 2.45) is 11.8 Å². The summed E-state index contributed by atoms with van der Waals surface area (Å²) in [6, 6.07) is 4.00. The normalized spacial score (nSPS) is 25.8. The van der Waals surface area contributed by atoms with Crippen molar-refractivity contribution in [3.63, 3.8) is 0 Å². The van der Waals surface area contributed by atoms with Gasteiger partial charge in [-0.25, -0.2) is 4.79 Å². The van der Waals surface area contributed by atoms with Gasteiger partial charge >= 0.3 is 6.09 Å². The van der Waals surface area contributed by atoms with E-state index < -0.39 is 6.09 Å². The minimum Gasteiger partial charge on any atom is -0.493 e. The zero-order valence-electron chi connectivity index (χ0n) is 24.2. The monoisotopic (exact) mass is 570 g/mol. The van der Waals surface area contributed by atoms with Gasteiger partial charge in [-0.05, 0) is 67.6 Å². The summed E-state index contributed by atoms with van der Waals surface area (Å²) in [7, 11) is 3.24. The number of hydrogen-bond donors (Lipinski definition) is 1. The van der Waals surface area contributed by atoms with E-state index in [9.17, 15) is 19.2 Å². The van der Waals surface area contributed by atoms with Crippen LogP contribution in [0.3, 0.4) is 0 Å². The third kappa shape index (κ3) is 6.70. The lowest BCUT2D eigenvalue weighted by atomic mass is 9.77. The van der Waals surface area contributed by atoms with Crippen molar-refractivity contribution in [3.05, 3.63) is 23.3 Å². The number of carbonyl (C=O) groups excluding carboxylic acids is 4. The number of piperidine rings is 2. The Morgan fingerprint density at radius 1 is 1.02 bits per heavy atom. The zero-order chi connectivity index (χ0) is 28.9. The number of nitrogens with one attached hydrogen (secondary N) is 1. The molecule has 1 aromatic rings. The Hall–Kier alpha value is -3.50. The smallest absolute Gasteiger partial charge is 0.410 e. The molecule has 41 heavy (non-hydrogen) atoms. The molecule has 4 aliphatic rings. The molecule has 0 spiro atoms. The van der Waals surface area contributed by atoms with Crippen LogP contribution in [0.2, 0.25) is 0 Å². The molecule has 0 radical (unpaired) electrons. The maximum absolute atomic E-state index is 13.7. The molecule has 0 aromatic heterocycles. The molecular formula is C30H42N4O7. The molecule has 4 bridgehead atoms. The second-order valence-corrected chi connectivity index (χ2v) is 11.6. The summed E-state index contributed by atoms with van der Waals surface area (Å²) in [5.41, 5.74) is 2.03. The number of hydrogen-bond acceptors (Lipinski definition) is 7. The highest BCUT2D eigenvalue weighted by atomic mass is 16.6. The van der Waals surface area contributed by atoms with Gasteiger partial charge in [-0.15, -0.1) is 0 Å². The van der Waals surface area contributed by atoms with Gasteiger partial charge in [0.05, 0.1) is 20.8 Å². The first-order valence-electron chi connectivity index (χ1n) is 14.9. The van der Waals surface area contributed by atoms with E-state index in [4.69, 9.17) is 14.2 Å². The maximum Gasteiger partial charge on any atom is 0.410 e. The summed E-state index contributed by atoms with van der Waals surface area (Å²) in [5, 5.41) is 3.04. The van der Waals surface area contributed by atoms with E-state index in [2.05, 4.69) is 11.4 Å². The highest BCUT2D eigenvalue weighted by Crippen LogP contribution is 2.37. The summed E-state index contributed by atoms with van der Waals surface area (Å²) in [6.07, 6.45) is 4.79. The van der Waals surface area contributed by atoms with E-state index >= 15 is 0 Å². The second-order valence-electron chi connectivity index (χ2n) is 11.6. The molecule has 0 aliphatic carbocycles. The third-order valence-corrected chi connectivity index (χ3v) is 8.90. The van der Waals surface area contributed by atoms with Crippen molar-refractivity contribution in [3.8, 4) is 11.5 Å². The first-order valence-corrected chi connectivity index (χ1v) is 14.9. The molecule has 4 aliphatic heterocycles. The number of carbonyl (C=O) groups is 4. The molecule has 5 rings (SSSR count). The predicted octanol–water partition coefficient (Wildman–Crippen LogP) is 2.00. The third-order valence-electron chi connectivity index (χ3n) is 8.90. The molecule has 3 atom stereocenters. The van der Waals surface area contributed by atoms with Gasteiger partial charge in [0.2, 0.25) is 17.7 Å². The van der Waals surface area contributed by atoms with Crippen LogP contribution in [-0.4, -0.2) is 105 Å². The van der Waals surface area contributed by atoms with Crippen LogP contribution in [0, 0.1) is 11.8 Å². The number of benzene rings is 1. The molecule has 224 valence electrons. The van der Waals surface area contributed by atoms with Gasteiger partial charge < -0.3 is 29.3 Å². The Labute approximate surface area is 241 Å². The van der Waals surface area contributed by atoms with Crippen LogP contribution in [0.15, 0.2) is 12.1 Å². The first kappa shape index (κ1) is 29.0. The van der Waals surface area contributed by atoms with E-state index in [0.29, 0.717) is 76.5 Å². The highest BCUT2D eigenvalue weighted by Gasteiger charge is 2.43. The maximum atomic E-state index is 13.7. The van der Waals surface area contributed by atoms with Crippen molar-refractivity contribution >= 4 is 23.8 Å². The lowest BCUT2D eigenvalue weighted by Gasteiger charge is -2.51. The zero-order valence-corrected chi connectivity index (χ0v) is 24.2. The Kier molecular flexibility index (Phi) is 9.19. The van der Waals surface area contributed by atoms with Crippen LogP contribution in [0.25, 0.3) is 0 Å². The molecule has 3 fully saturated rings. The van der Waals surface area contributed by atoms with E-state index in [1.165, 1.54) is 4.90 Å². The number of amides is 4. The Bertz CT molecular complexity index is 1160. The van der Waals surface area contributed by atoms with Gasteiger partial charge in [0.15, 0.2) is 11.5 Å². The van der Waals surface area contributed by atoms with Gasteiger partial charge in [0.25, 0.3) is 0 Å². The van der Waals surface area contributed by atoms with Gasteiger partial charge in [-0.1, -0.05) is 6.07 Å². The molecule has 4 amide bonds.